The van der Waals surface area contributed by atoms with E-state index in [2.05, 4.69) is 52.6 Å². The Balaban J connectivity index is 2.28. The zero-order valence-corrected chi connectivity index (χ0v) is 21.8. The molecule has 1 aliphatic heterocycles. The standard InChI is InChI=1S/C25H40O6Si/c1-9-11-16-25(6)21(20(23(27)30-25)22(26)28-10-2)29-17-18-14-12-13-15-19(18)31-32(7,8)24(3,4)5/h9,12,14,18-19H,1,10-11,13,15-17H2,2-8H3/t18-,19-,25-/m1/s1. The number of ether oxygens (including phenoxy) is 3. The fraction of sp³-hybridized carbons (Fsp3) is 0.680. The van der Waals surface area contributed by atoms with Crippen LogP contribution in [0.5, 0.6) is 0 Å². The molecule has 0 N–H and O–H groups in total. The van der Waals surface area contributed by atoms with Gasteiger partial charge >= 0.3 is 11.9 Å². The minimum atomic E-state index is -1.96. The normalized spacial score (nSPS) is 26.2. The van der Waals surface area contributed by atoms with Crippen molar-refractivity contribution in [2.75, 3.05) is 13.2 Å². The molecule has 1 heterocycles. The van der Waals surface area contributed by atoms with Gasteiger partial charge in [0, 0.05) is 5.92 Å². The molecule has 0 unspecified atom stereocenters. The molecule has 0 fully saturated rings. The summed E-state index contributed by atoms with van der Waals surface area (Å²) >= 11 is 0. The second-order valence-electron chi connectivity index (χ2n) is 10.3. The smallest absolute Gasteiger partial charge is 0.350 e. The van der Waals surface area contributed by atoms with Crippen LogP contribution in [0.4, 0.5) is 0 Å². The molecule has 0 bridgehead atoms. The minimum absolute atomic E-state index is 0.0215. The topological polar surface area (TPSA) is 71.1 Å². The van der Waals surface area contributed by atoms with Crippen LogP contribution in [-0.2, 0) is 28.2 Å². The van der Waals surface area contributed by atoms with Gasteiger partial charge in [0.25, 0.3) is 0 Å². The molecule has 32 heavy (non-hydrogen) atoms. The van der Waals surface area contributed by atoms with E-state index in [9.17, 15) is 9.59 Å². The van der Waals surface area contributed by atoms with Gasteiger partial charge in [0.2, 0.25) is 0 Å². The first-order valence-electron chi connectivity index (χ1n) is 11.6. The highest BCUT2D eigenvalue weighted by Crippen LogP contribution is 2.41. The lowest BCUT2D eigenvalue weighted by molar-refractivity contribution is -0.150. The average molecular weight is 465 g/mol. The van der Waals surface area contributed by atoms with Crippen molar-refractivity contribution in [3.63, 3.8) is 0 Å². The van der Waals surface area contributed by atoms with Crippen LogP contribution < -0.4 is 0 Å². The Hall–Kier alpha value is -1.86. The third-order valence-electron chi connectivity index (χ3n) is 6.69. The summed E-state index contributed by atoms with van der Waals surface area (Å²) in [5.41, 5.74) is -1.17. The summed E-state index contributed by atoms with van der Waals surface area (Å²) in [7, 11) is -1.96. The maximum Gasteiger partial charge on any atom is 0.350 e. The van der Waals surface area contributed by atoms with Crippen LogP contribution >= 0.6 is 0 Å². The van der Waals surface area contributed by atoms with Crippen LogP contribution in [0.1, 0.15) is 60.3 Å². The summed E-state index contributed by atoms with van der Waals surface area (Å²) < 4.78 is 23.6. The average Bonchev–Trinajstić information content (AvgIpc) is 2.94. The van der Waals surface area contributed by atoms with Gasteiger partial charge in [-0.3, -0.25) is 0 Å². The van der Waals surface area contributed by atoms with Gasteiger partial charge in [0.05, 0.1) is 19.3 Å². The van der Waals surface area contributed by atoms with E-state index in [0.29, 0.717) is 19.4 Å². The molecule has 0 spiro atoms. The first kappa shape index (κ1) is 26.4. The molecule has 3 atom stereocenters. The van der Waals surface area contributed by atoms with E-state index in [1.54, 1.807) is 19.9 Å². The number of hydrogen-bond donors (Lipinski definition) is 0. The SMILES string of the molecule is C=CCC[C@@]1(C)OC(=O)C(C(=O)OCC)=C1OC[C@H]1C=CCC[C@H]1O[Si](C)(C)C(C)(C)C. The Kier molecular flexibility index (Phi) is 8.56. The third kappa shape index (κ3) is 5.92. The summed E-state index contributed by atoms with van der Waals surface area (Å²) in [5, 5.41) is 0.105. The van der Waals surface area contributed by atoms with E-state index in [0.717, 1.165) is 12.8 Å². The number of cyclic esters (lactones) is 1. The number of hydrogen-bond acceptors (Lipinski definition) is 6. The molecular weight excluding hydrogens is 424 g/mol. The van der Waals surface area contributed by atoms with Crippen molar-refractivity contribution < 1.29 is 28.2 Å². The highest BCUT2D eigenvalue weighted by molar-refractivity contribution is 6.74. The molecule has 1 aliphatic carbocycles. The summed E-state index contributed by atoms with van der Waals surface area (Å²) in [5.74, 6) is -1.12. The highest BCUT2D eigenvalue weighted by Gasteiger charge is 2.49. The Labute approximate surface area is 194 Å². The van der Waals surface area contributed by atoms with Gasteiger partial charge in [-0.15, -0.1) is 6.58 Å². The molecule has 2 rings (SSSR count). The second kappa shape index (κ2) is 10.4. The van der Waals surface area contributed by atoms with Gasteiger partial charge in [-0.1, -0.05) is 39.0 Å². The van der Waals surface area contributed by atoms with E-state index in [-0.39, 0.29) is 35.0 Å². The molecule has 0 amide bonds. The van der Waals surface area contributed by atoms with Crippen LogP contribution in [0.2, 0.25) is 18.1 Å². The molecule has 0 saturated carbocycles. The maximum absolute atomic E-state index is 12.6. The maximum atomic E-state index is 12.6. The predicted molar refractivity (Wildman–Crippen MR) is 127 cm³/mol. The van der Waals surface area contributed by atoms with Gasteiger partial charge in [-0.05, 0) is 57.7 Å². The quantitative estimate of drug-likeness (QED) is 0.185. The molecule has 0 saturated heterocycles. The Bertz CT molecular complexity index is 776. The molecule has 0 radical (unpaired) electrons. The van der Waals surface area contributed by atoms with Gasteiger partial charge in [-0.2, -0.15) is 0 Å². The second-order valence-corrected chi connectivity index (χ2v) is 15.0. The molecule has 6 nitrogen and oxygen atoms in total. The molecule has 0 aromatic carbocycles. The van der Waals surface area contributed by atoms with Crippen molar-refractivity contribution in [1.29, 1.82) is 0 Å². The van der Waals surface area contributed by atoms with Crippen LogP contribution in [-0.4, -0.2) is 45.2 Å². The minimum Gasteiger partial charge on any atom is -0.492 e. The van der Waals surface area contributed by atoms with Crippen molar-refractivity contribution in [3.8, 4) is 0 Å². The summed E-state index contributed by atoms with van der Waals surface area (Å²) in [4.78, 5) is 25.1. The lowest BCUT2D eigenvalue weighted by Crippen LogP contribution is -2.46. The zero-order chi connectivity index (χ0) is 24.2. The van der Waals surface area contributed by atoms with Crippen molar-refractivity contribution in [2.45, 2.75) is 90.1 Å². The van der Waals surface area contributed by atoms with Gasteiger partial charge < -0.3 is 18.6 Å². The Morgan fingerprint density at radius 3 is 2.66 bits per heavy atom. The van der Waals surface area contributed by atoms with Crippen LogP contribution in [0.25, 0.3) is 0 Å². The third-order valence-corrected chi connectivity index (χ3v) is 11.2. The number of carbonyl (C=O) groups excluding carboxylic acids is 2. The Morgan fingerprint density at radius 1 is 1.38 bits per heavy atom. The molecular formula is C25H40O6Si. The Morgan fingerprint density at radius 2 is 2.06 bits per heavy atom. The van der Waals surface area contributed by atoms with Crippen molar-refractivity contribution in [3.05, 3.63) is 36.1 Å². The van der Waals surface area contributed by atoms with E-state index in [4.69, 9.17) is 18.6 Å². The zero-order valence-electron chi connectivity index (χ0n) is 20.8. The lowest BCUT2D eigenvalue weighted by Gasteiger charge is -2.42. The number of rotatable bonds is 10. The number of allylic oxidation sites excluding steroid dienone is 2. The number of esters is 2. The van der Waals surface area contributed by atoms with E-state index in [1.165, 1.54) is 0 Å². The fourth-order valence-electron chi connectivity index (χ4n) is 3.72. The summed E-state index contributed by atoms with van der Waals surface area (Å²) in [6.45, 7) is 18.9. The van der Waals surface area contributed by atoms with Gasteiger partial charge in [-0.25, -0.2) is 9.59 Å². The molecule has 7 heteroatoms. The van der Waals surface area contributed by atoms with Crippen molar-refractivity contribution in [2.24, 2.45) is 5.92 Å². The molecule has 180 valence electrons. The first-order valence-corrected chi connectivity index (χ1v) is 14.5. The number of carbonyl (C=O) groups is 2. The lowest BCUT2D eigenvalue weighted by atomic mass is 9.93. The summed E-state index contributed by atoms with van der Waals surface area (Å²) in [6.07, 6.45) is 9.04. The van der Waals surface area contributed by atoms with Crippen LogP contribution in [0.3, 0.4) is 0 Å². The fourth-order valence-corrected chi connectivity index (χ4v) is 5.12. The highest BCUT2D eigenvalue weighted by atomic mass is 28.4. The molecule has 0 aromatic heterocycles. The van der Waals surface area contributed by atoms with Gasteiger partial charge in [0.1, 0.15) is 0 Å². The predicted octanol–water partition coefficient (Wildman–Crippen LogP) is 5.46. The first-order chi connectivity index (χ1) is 14.9. The summed E-state index contributed by atoms with van der Waals surface area (Å²) in [6, 6.07) is 0. The molecule has 0 aromatic rings. The van der Waals surface area contributed by atoms with Crippen molar-refractivity contribution in [1.82, 2.24) is 0 Å². The van der Waals surface area contributed by atoms with E-state index >= 15 is 0 Å². The van der Waals surface area contributed by atoms with Crippen LogP contribution in [0, 0.1) is 5.92 Å². The van der Waals surface area contributed by atoms with Gasteiger partial charge in [0.15, 0.2) is 25.3 Å². The largest absolute Gasteiger partial charge is 0.492 e. The molecule has 2 aliphatic rings. The van der Waals surface area contributed by atoms with Crippen LogP contribution in [0.15, 0.2) is 36.1 Å². The van der Waals surface area contributed by atoms with E-state index < -0.39 is 25.9 Å². The van der Waals surface area contributed by atoms with Crippen molar-refractivity contribution >= 4 is 20.3 Å². The van der Waals surface area contributed by atoms with E-state index in [1.807, 2.05) is 0 Å². The monoisotopic (exact) mass is 464 g/mol.